The van der Waals surface area contributed by atoms with Crippen molar-refractivity contribution in [3.8, 4) is 34.4 Å². The molecule has 1 atom stereocenters. The Kier molecular flexibility index (Phi) is 6.24. The molecule has 46 heavy (non-hydrogen) atoms. The molecule has 0 saturated carbocycles. The van der Waals surface area contributed by atoms with Crippen LogP contribution in [-0.2, 0) is 0 Å². The molecule has 226 valence electrons. The Bertz CT molecular complexity index is 2390. The molecule has 10 nitrogen and oxygen atoms in total. The second-order valence-corrected chi connectivity index (χ2v) is 11.1. The molecule has 2 N–H and O–H groups in total. The number of carbonyl (C=O) groups excluding carboxylic acids is 1. The van der Waals surface area contributed by atoms with E-state index in [9.17, 15) is 9.59 Å². The van der Waals surface area contributed by atoms with Crippen molar-refractivity contribution in [3.63, 3.8) is 0 Å². The van der Waals surface area contributed by atoms with Crippen LogP contribution < -0.4 is 19.8 Å². The Balaban J connectivity index is 1.36. The van der Waals surface area contributed by atoms with E-state index in [1.807, 2.05) is 91.9 Å². The normalized spacial score (nSPS) is 13.7. The standard InChI is InChI=1S/C36H27N5O5/c1-19-28-30(25-11-7-10-21-16-22(44-2)12-14-24(21)25)31-33(42)37-18-38-34(31)46-36(28)41(40-19)35(43)32-29(20-8-5-4-6-9-20)26-17-23(45-3)13-15-27(26)39-32/h4-18,30,39H,1-3H3,(H,37,38,42). The molecule has 3 aromatic heterocycles. The molecule has 0 amide bonds. The lowest BCUT2D eigenvalue weighted by molar-refractivity contribution is 0.0931. The highest BCUT2D eigenvalue weighted by atomic mass is 16.5. The van der Waals surface area contributed by atoms with Crippen molar-refractivity contribution in [1.29, 1.82) is 0 Å². The zero-order valence-electron chi connectivity index (χ0n) is 25.1. The first-order valence-electron chi connectivity index (χ1n) is 14.7. The number of aryl methyl sites for hydroxylation is 1. The third kappa shape index (κ3) is 4.11. The van der Waals surface area contributed by atoms with Gasteiger partial charge in [-0.25, -0.2) is 4.98 Å². The van der Waals surface area contributed by atoms with E-state index in [2.05, 4.69) is 15.0 Å². The first-order chi connectivity index (χ1) is 22.5. The van der Waals surface area contributed by atoms with Crippen LogP contribution in [-0.4, -0.2) is 44.9 Å². The molecule has 10 heteroatoms. The maximum Gasteiger partial charge on any atom is 0.298 e. The van der Waals surface area contributed by atoms with E-state index in [-0.39, 0.29) is 17.3 Å². The maximum absolute atomic E-state index is 14.6. The summed E-state index contributed by atoms with van der Waals surface area (Å²) in [5, 5.41) is 7.43. The van der Waals surface area contributed by atoms with Crippen molar-refractivity contribution in [1.82, 2.24) is 24.7 Å². The summed E-state index contributed by atoms with van der Waals surface area (Å²) in [7, 11) is 3.23. The first kappa shape index (κ1) is 27.4. The van der Waals surface area contributed by atoms with Gasteiger partial charge in [0.2, 0.25) is 11.8 Å². The van der Waals surface area contributed by atoms with Crippen molar-refractivity contribution in [3.05, 3.63) is 130 Å². The lowest BCUT2D eigenvalue weighted by Crippen LogP contribution is -2.25. The second-order valence-electron chi connectivity index (χ2n) is 11.1. The number of methoxy groups -OCH3 is 2. The van der Waals surface area contributed by atoms with E-state index in [0.29, 0.717) is 33.8 Å². The Morgan fingerprint density at radius 1 is 0.891 bits per heavy atom. The summed E-state index contributed by atoms with van der Waals surface area (Å²) < 4.78 is 18.5. The number of benzene rings is 4. The fourth-order valence-electron chi connectivity index (χ4n) is 6.50. The van der Waals surface area contributed by atoms with Gasteiger partial charge in [0.25, 0.3) is 11.5 Å². The van der Waals surface area contributed by atoms with E-state index in [1.54, 1.807) is 14.2 Å². The number of ether oxygens (including phenoxy) is 3. The molecular weight excluding hydrogens is 582 g/mol. The van der Waals surface area contributed by atoms with E-state index in [0.717, 1.165) is 38.6 Å². The van der Waals surface area contributed by atoms with Crippen LogP contribution >= 0.6 is 0 Å². The number of nitrogens with zero attached hydrogens (tertiary/aromatic N) is 3. The number of aromatic amines is 2. The van der Waals surface area contributed by atoms with Gasteiger partial charge in [0.05, 0.1) is 43.3 Å². The Morgan fingerprint density at radius 3 is 2.48 bits per heavy atom. The summed E-state index contributed by atoms with van der Waals surface area (Å²) in [5.74, 6) is 0.673. The highest BCUT2D eigenvalue weighted by Crippen LogP contribution is 2.48. The SMILES string of the molecule is COc1ccc2c(C3c4c(C)nn(C(=O)c5[nH]c6ccc(OC)cc6c5-c5ccccc5)c4Oc4nc[nH]c(=O)c43)cccc2c1. The summed E-state index contributed by atoms with van der Waals surface area (Å²) in [6, 6.07) is 27.0. The largest absolute Gasteiger partial charge is 0.497 e. The van der Waals surface area contributed by atoms with Gasteiger partial charge in [-0.3, -0.25) is 9.59 Å². The Labute approximate surface area is 262 Å². The zero-order chi connectivity index (χ0) is 31.5. The van der Waals surface area contributed by atoms with Crippen LogP contribution in [0.15, 0.2) is 96.1 Å². The van der Waals surface area contributed by atoms with Crippen molar-refractivity contribution in [2.75, 3.05) is 14.2 Å². The number of fused-ring (bicyclic) bond motifs is 4. The van der Waals surface area contributed by atoms with E-state index in [1.165, 1.54) is 11.0 Å². The molecule has 1 aliphatic heterocycles. The van der Waals surface area contributed by atoms with Gasteiger partial charge < -0.3 is 24.2 Å². The molecule has 0 saturated heterocycles. The Morgan fingerprint density at radius 2 is 1.67 bits per heavy atom. The lowest BCUT2D eigenvalue weighted by Gasteiger charge is -2.26. The fourth-order valence-corrected chi connectivity index (χ4v) is 6.50. The van der Waals surface area contributed by atoms with E-state index >= 15 is 0 Å². The van der Waals surface area contributed by atoms with Gasteiger partial charge in [0.15, 0.2) is 0 Å². The second kappa shape index (κ2) is 10.5. The van der Waals surface area contributed by atoms with Crippen LogP contribution in [0.3, 0.4) is 0 Å². The van der Waals surface area contributed by atoms with Crippen molar-refractivity contribution in [2.24, 2.45) is 0 Å². The number of hydrogen-bond donors (Lipinski definition) is 2. The topological polar surface area (TPSA) is 124 Å². The average molecular weight is 610 g/mol. The fraction of sp³-hybridized carbons (Fsp3) is 0.111. The number of aromatic nitrogens is 5. The monoisotopic (exact) mass is 609 g/mol. The van der Waals surface area contributed by atoms with Crippen molar-refractivity contribution < 1.29 is 19.0 Å². The predicted molar refractivity (Wildman–Crippen MR) is 173 cm³/mol. The van der Waals surface area contributed by atoms with Gasteiger partial charge in [-0.2, -0.15) is 9.78 Å². The van der Waals surface area contributed by atoms with Crippen LogP contribution in [0.4, 0.5) is 0 Å². The van der Waals surface area contributed by atoms with Gasteiger partial charge in [-0.15, -0.1) is 0 Å². The quantitative estimate of drug-likeness (QED) is 0.226. The van der Waals surface area contributed by atoms with Gasteiger partial charge in [-0.1, -0.05) is 54.6 Å². The van der Waals surface area contributed by atoms with Gasteiger partial charge >= 0.3 is 0 Å². The Hall–Kier alpha value is -6.16. The number of H-pyrrole nitrogens is 2. The van der Waals surface area contributed by atoms with Crippen LogP contribution in [0, 0.1) is 6.92 Å². The highest BCUT2D eigenvalue weighted by Gasteiger charge is 2.39. The van der Waals surface area contributed by atoms with Crippen LogP contribution in [0.1, 0.15) is 38.8 Å². The molecule has 4 aromatic carbocycles. The molecule has 8 rings (SSSR count). The molecule has 1 unspecified atom stereocenters. The molecule has 0 bridgehead atoms. The van der Waals surface area contributed by atoms with Crippen molar-refractivity contribution >= 4 is 27.6 Å². The summed E-state index contributed by atoms with van der Waals surface area (Å²) >= 11 is 0. The average Bonchev–Trinajstić information content (AvgIpc) is 3.64. The van der Waals surface area contributed by atoms with Crippen molar-refractivity contribution in [2.45, 2.75) is 12.8 Å². The zero-order valence-corrected chi connectivity index (χ0v) is 25.1. The summed E-state index contributed by atoms with van der Waals surface area (Å²) in [6.07, 6.45) is 1.30. The van der Waals surface area contributed by atoms with Crippen LogP contribution in [0.2, 0.25) is 0 Å². The summed E-state index contributed by atoms with van der Waals surface area (Å²) in [5.41, 5.74) is 4.69. The summed E-state index contributed by atoms with van der Waals surface area (Å²) in [4.78, 5) is 38.5. The van der Waals surface area contributed by atoms with E-state index in [4.69, 9.17) is 19.3 Å². The van der Waals surface area contributed by atoms with Gasteiger partial charge in [0, 0.05) is 16.5 Å². The highest BCUT2D eigenvalue weighted by molar-refractivity contribution is 6.11. The van der Waals surface area contributed by atoms with Gasteiger partial charge in [0.1, 0.15) is 17.2 Å². The molecule has 7 aromatic rings. The van der Waals surface area contributed by atoms with Crippen LogP contribution in [0.25, 0.3) is 32.8 Å². The number of hydrogen-bond acceptors (Lipinski definition) is 7. The smallest absolute Gasteiger partial charge is 0.298 e. The van der Waals surface area contributed by atoms with Gasteiger partial charge in [-0.05, 0) is 59.2 Å². The molecule has 0 spiro atoms. The number of rotatable bonds is 5. The summed E-state index contributed by atoms with van der Waals surface area (Å²) in [6.45, 7) is 1.82. The maximum atomic E-state index is 14.6. The minimum atomic E-state index is -0.615. The predicted octanol–water partition coefficient (Wildman–Crippen LogP) is 6.57. The number of carbonyl (C=O) groups is 1. The minimum absolute atomic E-state index is 0.116. The first-order valence-corrected chi connectivity index (χ1v) is 14.7. The minimum Gasteiger partial charge on any atom is -0.497 e. The molecular formula is C36H27N5O5. The third-order valence-corrected chi connectivity index (χ3v) is 8.59. The number of nitrogens with one attached hydrogen (secondary N) is 2. The molecule has 0 radical (unpaired) electrons. The third-order valence-electron chi connectivity index (χ3n) is 8.59. The van der Waals surface area contributed by atoms with Crippen LogP contribution in [0.5, 0.6) is 23.3 Å². The van der Waals surface area contributed by atoms with E-state index < -0.39 is 11.8 Å². The lowest BCUT2D eigenvalue weighted by atomic mass is 9.82. The molecule has 1 aliphatic rings. The molecule has 0 fully saturated rings. The molecule has 0 aliphatic carbocycles. The molecule has 4 heterocycles.